The molecule has 10 heteroatoms. The zero-order valence-corrected chi connectivity index (χ0v) is 19.9. The van der Waals surface area contributed by atoms with Crippen LogP contribution >= 0.6 is 0 Å². The Morgan fingerprint density at radius 1 is 1.18 bits per heavy atom. The standard InChI is InChI=1S/C19H23F6NO2.C5H12O/c1-28-17(27)12-13-7-10-26(9-2-8-18(20,21)22)16(11-13)14-3-5-15(6-4-14)19(23,24)25;1-3-5(2)4-6/h3-6,13,16H,2,7-12H2,1H3;5-6H,3-4H2,1-2H3/t13-,16+;/m1./s1. The van der Waals surface area contributed by atoms with E-state index in [2.05, 4.69) is 11.7 Å². The van der Waals surface area contributed by atoms with Crippen LogP contribution in [0.4, 0.5) is 26.3 Å². The highest BCUT2D eigenvalue weighted by Gasteiger charge is 2.34. The number of nitrogens with zero attached hydrogens (tertiary/aromatic N) is 1. The molecule has 1 heterocycles. The number of hydrogen-bond donors (Lipinski definition) is 1. The predicted molar refractivity (Wildman–Crippen MR) is 117 cm³/mol. The second-order valence-corrected chi connectivity index (χ2v) is 8.76. The van der Waals surface area contributed by atoms with Gasteiger partial charge in [-0.05, 0) is 61.9 Å². The molecule has 1 fully saturated rings. The van der Waals surface area contributed by atoms with Gasteiger partial charge < -0.3 is 9.84 Å². The minimum Gasteiger partial charge on any atom is -0.469 e. The van der Waals surface area contributed by atoms with Gasteiger partial charge in [0.05, 0.1) is 12.7 Å². The number of rotatable bonds is 8. The van der Waals surface area contributed by atoms with Crippen LogP contribution in [0.2, 0.25) is 0 Å². The summed E-state index contributed by atoms with van der Waals surface area (Å²) in [5.41, 5.74) is -0.170. The van der Waals surface area contributed by atoms with E-state index < -0.39 is 24.3 Å². The zero-order valence-electron chi connectivity index (χ0n) is 19.9. The molecular formula is C24H35F6NO3. The van der Waals surface area contributed by atoms with Crippen molar-refractivity contribution in [2.75, 3.05) is 26.8 Å². The van der Waals surface area contributed by atoms with E-state index in [1.54, 1.807) is 0 Å². The lowest BCUT2D eigenvalue weighted by molar-refractivity contribution is -0.143. The summed E-state index contributed by atoms with van der Waals surface area (Å²) >= 11 is 0. The van der Waals surface area contributed by atoms with Crippen molar-refractivity contribution in [3.8, 4) is 0 Å². The van der Waals surface area contributed by atoms with Crippen molar-refractivity contribution in [3.63, 3.8) is 0 Å². The van der Waals surface area contributed by atoms with Gasteiger partial charge >= 0.3 is 18.3 Å². The number of hydrogen-bond acceptors (Lipinski definition) is 4. The first-order valence-corrected chi connectivity index (χ1v) is 11.5. The fraction of sp³-hybridized carbons (Fsp3) is 0.708. The number of carbonyl (C=O) groups excluding carboxylic acids is 1. The van der Waals surface area contributed by atoms with Crippen LogP contribution in [0.25, 0.3) is 0 Å². The van der Waals surface area contributed by atoms with Gasteiger partial charge in [-0.2, -0.15) is 26.3 Å². The molecule has 34 heavy (non-hydrogen) atoms. The monoisotopic (exact) mass is 499 g/mol. The maximum atomic E-state index is 12.8. The van der Waals surface area contributed by atoms with E-state index in [1.807, 2.05) is 11.8 Å². The second-order valence-electron chi connectivity index (χ2n) is 8.76. The SMILES string of the molecule is CCC(C)CO.COC(=O)C[C@@H]1CCN(CCCC(F)(F)F)[C@H](c2ccc(C(F)(F)F)cc2)C1. The molecule has 1 aromatic rings. The Bertz CT molecular complexity index is 717. The molecule has 0 aromatic heterocycles. The number of benzene rings is 1. The van der Waals surface area contributed by atoms with E-state index in [0.29, 0.717) is 37.5 Å². The largest absolute Gasteiger partial charge is 0.469 e. The fourth-order valence-electron chi connectivity index (χ4n) is 3.71. The van der Waals surface area contributed by atoms with Crippen LogP contribution in [0.3, 0.4) is 0 Å². The number of carbonyl (C=O) groups is 1. The minimum atomic E-state index is -4.45. The number of aliphatic hydroxyl groups excluding tert-OH is 1. The molecule has 1 unspecified atom stereocenters. The Balaban J connectivity index is 0.000000852. The quantitative estimate of drug-likeness (QED) is 0.333. The Labute approximate surface area is 197 Å². The van der Waals surface area contributed by atoms with Gasteiger partial charge in [0.1, 0.15) is 0 Å². The smallest absolute Gasteiger partial charge is 0.416 e. The van der Waals surface area contributed by atoms with Crippen molar-refractivity contribution in [1.82, 2.24) is 4.90 Å². The maximum absolute atomic E-state index is 12.8. The van der Waals surface area contributed by atoms with Crippen molar-refractivity contribution >= 4 is 5.97 Å². The van der Waals surface area contributed by atoms with Crippen LogP contribution in [-0.2, 0) is 15.7 Å². The average molecular weight is 500 g/mol. The number of aliphatic hydroxyl groups is 1. The summed E-state index contributed by atoms with van der Waals surface area (Å²) in [4.78, 5) is 13.4. The van der Waals surface area contributed by atoms with Gasteiger partial charge in [-0.25, -0.2) is 0 Å². The van der Waals surface area contributed by atoms with Crippen LogP contribution < -0.4 is 0 Å². The van der Waals surface area contributed by atoms with Crippen molar-refractivity contribution in [3.05, 3.63) is 35.4 Å². The van der Waals surface area contributed by atoms with Gasteiger partial charge in [0.2, 0.25) is 0 Å². The van der Waals surface area contributed by atoms with E-state index in [4.69, 9.17) is 5.11 Å². The number of ether oxygens (including phenoxy) is 1. The average Bonchev–Trinajstić information content (AvgIpc) is 2.78. The zero-order chi connectivity index (χ0) is 25.9. The molecule has 1 aliphatic heterocycles. The molecule has 4 nitrogen and oxygen atoms in total. The highest BCUT2D eigenvalue weighted by molar-refractivity contribution is 5.69. The number of halogens is 6. The van der Waals surface area contributed by atoms with Crippen LogP contribution in [-0.4, -0.2) is 49.0 Å². The molecule has 1 aromatic carbocycles. The molecule has 196 valence electrons. The van der Waals surface area contributed by atoms with E-state index in [1.165, 1.54) is 19.2 Å². The summed E-state index contributed by atoms with van der Waals surface area (Å²) in [6.07, 6.45) is -7.32. The van der Waals surface area contributed by atoms with Crippen molar-refractivity contribution < 1.29 is 41.0 Å². The molecule has 0 bridgehead atoms. The van der Waals surface area contributed by atoms with Gasteiger partial charge in [-0.3, -0.25) is 9.69 Å². The van der Waals surface area contributed by atoms with Crippen molar-refractivity contribution in [1.29, 1.82) is 0 Å². The summed E-state index contributed by atoms with van der Waals surface area (Å²) in [7, 11) is 1.28. The van der Waals surface area contributed by atoms with Crippen molar-refractivity contribution in [2.24, 2.45) is 11.8 Å². The lowest BCUT2D eigenvalue weighted by Crippen LogP contribution is -2.38. The normalized spacial score (nSPS) is 20.3. The molecule has 0 spiro atoms. The molecule has 2 rings (SSSR count). The molecule has 1 N–H and O–H groups in total. The van der Waals surface area contributed by atoms with Gasteiger partial charge in [-0.15, -0.1) is 0 Å². The van der Waals surface area contributed by atoms with Crippen LogP contribution in [0.5, 0.6) is 0 Å². The van der Waals surface area contributed by atoms with Gasteiger partial charge in [0.15, 0.2) is 0 Å². The third kappa shape index (κ3) is 11.1. The number of piperidine rings is 1. The van der Waals surface area contributed by atoms with Gasteiger partial charge in [-0.1, -0.05) is 32.4 Å². The first-order valence-electron chi connectivity index (χ1n) is 11.5. The molecule has 0 radical (unpaired) electrons. The Hall–Kier alpha value is -1.81. The lowest BCUT2D eigenvalue weighted by Gasteiger charge is -2.40. The Morgan fingerprint density at radius 3 is 2.24 bits per heavy atom. The first kappa shape index (κ1) is 30.2. The van der Waals surface area contributed by atoms with Crippen LogP contribution in [0.1, 0.15) is 69.5 Å². The molecule has 3 atom stereocenters. The third-order valence-electron chi connectivity index (χ3n) is 6.04. The number of alkyl halides is 6. The van der Waals surface area contributed by atoms with E-state index in [-0.39, 0.29) is 37.3 Å². The van der Waals surface area contributed by atoms with E-state index in [0.717, 1.165) is 18.6 Å². The lowest BCUT2D eigenvalue weighted by atomic mass is 9.85. The van der Waals surface area contributed by atoms with Crippen LogP contribution in [0, 0.1) is 11.8 Å². The number of esters is 1. The molecule has 1 saturated heterocycles. The van der Waals surface area contributed by atoms with Gasteiger partial charge in [0, 0.05) is 25.5 Å². The summed E-state index contributed by atoms with van der Waals surface area (Å²) in [6.45, 7) is 5.10. The van der Waals surface area contributed by atoms with Crippen molar-refractivity contribution in [2.45, 2.75) is 70.8 Å². The topological polar surface area (TPSA) is 49.8 Å². The molecule has 1 aliphatic rings. The van der Waals surface area contributed by atoms with E-state index in [9.17, 15) is 31.1 Å². The number of likely N-dealkylation sites (tertiary alicyclic amines) is 1. The maximum Gasteiger partial charge on any atom is 0.416 e. The summed E-state index contributed by atoms with van der Waals surface area (Å²) in [5, 5.41) is 8.33. The molecule has 0 amide bonds. The second kappa shape index (κ2) is 13.9. The third-order valence-corrected chi connectivity index (χ3v) is 6.04. The highest BCUT2D eigenvalue weighted by atomic mass is 19.4. The predicted octanol–water partition coefficient (Wildman–Crippen LogP) is 6.39. The summed E-state index contributed by atoms with van der Waals surface area (Å²) in [5.74, 6) is 0.0882. The molecule has 0 aliphatic carbocycles. The first-order chi connectivity index (χ1) is 15.8. The highest BCUT2D eigenvalue weighted by Crippen LogP contribution is 2.38. The molecular weight excluding hydrogens is 464 g/mol. The molecule has 0 saturated carbocycles. The number of methoxy groups -OCH3 is 1. The summed E-state index contributed by atoms with van der Waals surface area (Å²) in [6, 6.07) is 4.36. The van der Waals surface area contributed by atoms with Gasteiger partial charge in [0.25, 0.3) is 0 Å². The Morgan fingerprint density at radius 2 is 1.79 bits per heavy atom. The van der Waals surface area contributed by atoms with E-state index >= 15 is 0 Å². The Kier molecular flexibility index (Phi) is 12.4. The minimum absolute atomic E-state index is 0.0291. The summed E-state index contributed by atoms with van der Waals surface area (Å²) < 4.78 is 80.4. The fourth-order valence-corrected chi connectivity index (χ4v) is 3.71. The van der Waals surface area contributed by atoms with Crippen LogP contribution in [0.15, 0.2) is 24.3 Å².